The summed E-state index contributed by atoms with van der Waals surface area (Å²) in [5.41, 5.74) is 1.00. The van der Waals surface area contributed by atoms with Crippen molar-refractivity contribution in [1.82, 2.24) is 0 Å². The van der Waals surface area contributed by atoms with Crippen molar-refractivity contribution >= 4 is 25.4 Å². The predicted octanol–water partition coefficient (Wildman–Crippen LogP) is 6.76. The Morgan fingerprint density at radius 2 is 1.20 bits per heavy atom. The first-order valence-electron chi connectivity index (χ1n) is 6.33. The summed E-state index contributed by atoms with van der Waals surface area (Å²) >= 11 is 5.66. The van der Waals surface area contributed by atoms with Gasteiger partial charge in [0.05, 0.1) is 0 Å². The van der Waals surface area contributed by atoms with E-state index in [2.05, 4.69) is 0 Å². The number of hydrogen-bond acceptors (Lipinski definition) is 1. The molecule has 11 heteroatoms. The van der Waals surface area contributed by atoms with Crippen LogP contribution in [0.4, 0.5) is 25.2 Å². The van der Waals surface area contributed by atoms with Crippen LogP contribution in [0.5, 0.6) is 0 Å². The molecule has 2 rings (SSSR count). The fourth-order valence-electron chi connectivity index (χ4n) is 1.22. The molecule has 1 aromatic rings. The largest absolute Gasteiger partial charge is 2.00 e. The van der Waals surface area contributed by atoms with Crippen LogP contribution in [0.1, 0.15) is 12.0 Å². The predicted molar refractivity (Wildman–Crippen MR) is 82.5 cm³/mol. The summed E-state index contributed by atoms with van der Waals surface area (Å²) < 4.78 is 59.2. The normalized spacial score (nSPS) is 16.0. The quantitative estimate of drug-likeness (QED) is 0.286. The average Bonchev–Trinajstić information content (AvgIpc) is 2.93. The zero-order chi connectivity index (χ0) is 18.9. The summed E-state index contributed by atoms with van der Waals surface area (Å²) in [5, 5.41) is 9.08. The van der Waals surface area contributed by atoms with Crippen LogP contribution in [0, 0.1) is 32.1 Å². The molecule has 2 nitrogen and oxygen atoms in total. The van der Waals surface area contributed by atoms with Crippen LogP contribution in [-0.4, -0.2) is 11.1 Å². The first-order chi connectivity index (χ1) is 10.6. The van der Waals surface area contributed by atoms with Crippen molar-refractivity contribution in [3.63, 3.8) is 0 Å². The van der Waals surface area contributed by atoms with E-state index in [9.17, 15) is 30.0 Å². The van der Waals surface area contributed by atoms with Gasteiger partial charge in [0, 0.05) is 11.4 Å². The van der Waals surface area contributed by atoms with E-state index in [4.69, 9.17) is 16.7 Å². The second kappa shape index (κ2) is 10.1. The first kappa shape index (κ1) is 26.8. The van der Waals surface area contributed by atoms with Gasteiger partial charge in [0.15, 0.2) is 0 Å². The first-order valence-corrected chi connectivity index (χ1v) is 8.73. The molecule has 1 N–H and O–H groups in total. The third-order valence-corrected chi connectivity index (χ3v) is 2.35. The van der Waals surface area contributed by atoms with E-state index in [0.29, 0.717) is 11.4 Å². The Hall–Kier alpha value is -0.387. The molecule has 0 saturated heterocycles. The van der Waals surface area contributed by atoms with Crippen LogP contribution < -0.4 is 0 Å². The molecule has 0 atom stereocenters. The fourth-order valence-corrected chi connectivity index (χ4v) is 1.35. The molecule has 1 saturated carbocycles. The third kappa shape index (κ3) is 28.7. The van der Waals surface area contributed by atoms with Gasteiger partial charge in [0.25, 0.3) is 0 Å². The maximum Gasteiger partial charge on any atom is 2.00 e. The maximum atomic E-state index is 10.2. The van der Waals surface area contributed by atoms with Gasteiger partial charge in [-0.05, 0) is 56.2 Å². The van der Waals surface area contributed by atoms with Gasteiger partial charge >= 0.3 is 58.4 Å². The summed E-state index contributed by atoms with van der Waals surface area (Å²) in [7, 11) is -10.7. The van der Waals surface area contributed by atoms with Gasteiger partial charge < -0.3 is 5.11 Å². The smallest absolute Gasteiger partial charge is 0.481 e. The van der Waals surface area contributed by atoms with Gasteiger partial charge in [0.2, 0.25) is 0 Å². The van der Waals surface area contributed by atoms with Gasteiger partial charge in [-0.25, -0.2) is 0 Å². The van der Waals surface area contributed by atoms with E-state index in [1.807, 2.05) is 44.2 Å². The molecule has 1 aliphatic carbocycles. The van der Waals surface area contributed by atoms with E-state index in [1.165, 1.54) is 0 Å². The standard InChI is InChI=1S/C9H9ClO2.C5H5.F6P.Ru/c10-8-4-1-7(2-5-8)3-6-9(11)12;1-2-4-5-3-1;1-7(2,3,4,5)6;/h1-2,4-5H,3,6H2,(H,11,12);1-5H;;/q;;-1;+2. The fraction of sp³-hybridized carbons (Fsp3) is 0.143. The zero-order valence-electron chi connectivity index (χ0n) is 12.4. The number of aryl methyl sites for hydroxylation is 1. The Labute approximate surface area is 159 Å². The Bertz CT molecular complexity index is 499. The van der Waals surface area contributed by atoms with Crippen LogP contribution >= 0.6 is 19.4 Å². The molecule has 0 spiro atoms. The van der Waals surface area contributed by atoms with Crippen molar-refractivity contribution in [3.05, 3.63) is 67.0 Å². The molecule has 0 heterocycles. The zero-order valence-corrected chi connectivity index (χ0v) is 15.8. The van der Waals surface area contributed by atoms with Crippen molar-refractivity contribution < 1.29 is 54.6 Å². The maximum absolute atomic E-state index is 10.7. The molecule has 5 radical (unpaired) electrons. The van der Waals surface area contributed by atoms with E-state index in [-0.39, 0.29) is 25.9 Å². The topological polar surface area (TPSA) is 37.3 Å². The van der Waals surface area contributed by atoms with Crippen LogP contribution in [0.3, 0.4) is 0 Å². The Morgan fingerprint density at radius 1 is 0.880 bits per heavy atom. The molecule has 0 aliphatic heterocycles. The minimum absolute atomic E-state index is 0. The molecule has 0 bridgehead atoms. The summed E-state index contributed by atoms with van der Waals surface area (Å²) in [6.45, 7) is 0. The Kier molecular flexibility index (Phi) is 10.8. The number of carboxylic acids is 1. The minimum atomic E-state index is -10.7. The van der Waals surface area contributed by atoms with Crippen molar-refractivity contribution in [1.29, 1.82) is 0 Å². The van der Waals surface area contributed by atoms with E-state index in [1.54, 1.807) is 12.1 Å². The summed E-state index contributed by atoms with van der Waals surface area (Å²) in [4.78, 5) is 10.2. The Balaban J connectivity index is 0. The monoisotopic (exact) mass is 496 g/mol. The summed E-state index contributed by atoms with van der Waals surface area (Å²) in [6, 6.07) is 7.20. The average molecular weight is 496 g/mol. The number of carboxylic acid groups (broad SMARTS) is 1. The number of halogens is 7. The number of hydrogen-bond donors (Lipinski definition) is 1. The van der Waals surface area contributed by atoms with E-state index >= 15 is 0 Å². The van der Waals surface area contributed by atoms with E-state index < -0.39 is 13.8 Å². The summed E-state index contributed by atoms with van der Waals surface area (Å²) in [6.07, 6.45) is 10.7. The van der Waals surface area contributed by atoms with Crippen LogP contribution in [-0.2, 0) is 30.7 Å². The van der Waals surface area contributed by atoms with Crippen LogP contribution in [0.15, 0.2) is 24.3 Å². The minimum Gasteiger partial charge on any atom is -0.481 e. The second-order valence-electron chi connectivity index (χ2n) is 4.44. The molecular weight excluding hydrogens is 482 g/mol. The molecule has 25 heavy (non-hydrogen) atoms. The molecule has 0 unspecified atom stereocenters. The molecule has 0 amide bonds. The molecule has 1 aliphatic rings. The molecule has 1 fully saturated rings. The Morgan fingerprint density at radius 3 is 1.48 bits per heavy atom. The molecule has 0 aromatic heterocycles. The van der Waals surface area contributed by atoms with E-state index in [0.717, 1.165) is 5.56 Å². The third-order valence-electron chi connectivity index (χ3n) is 2.10. The number of rotatable bonds is 3. The number of carbonyl (C=O) groups is 1. The van der Waals surface area contributed by atoms with Gasteiger partial charge in [-0.3, -0.25) is 4.79 Å². The van der Waals surface area contributed by atoms with Crippen LogP contribution in [0.25, 0.3) is 0 Å². The van der Waals surface area contributed by atoms with Gasteiger partial charge in [0.1, 0.15) is 0 Å². The van der Waals surface area contributed by atoms with Crippen molar-refractivity contribution in [2.24, 2.45) is 0 Å². The summed E-state index contributed by atoms with van der Waals surface area (Å²) in [5.74, 6) is -0.773. The van der Waals surface area contributed by atoms with Gasteiger partial charge in [-0.15, -0.1) is 0 Å². The van der Waals surface area contributed by atoms with Gasteiger partial charge in [-0.1, -0.05) is 23.7 Å². The second-order valence-corrected chi connectivity index (χ2v) is 6.79. The molecule has 143 valence electrons. The molecular formula is C14H14ClF6O2PRu+. The van der Waals surface area contributed by atoms with Crippen molar-refractivity contribution in [2.45, 2.75) is 12.8 Å². The number of aliphatic carboxylic acids is 1. The number of benzene rings is 1. The van der Waals surface area contributed by atoms with Gasteiger partial charge in [-0.2, -0.15) is 0 Å². The van der Waals surface area contributed by atoms with Crippen molar-refractivity contribution in [2.75, 3.05) is 0 Å². The SMILES string of the molecule is F[P-](F)(F)(F)(F)F.O=C(O)CCc1ccc(Cl)cc1.[CH]1[CH][CH][CH][CH]1.[Ru+2]. The van der Waals surface area contributed by atoms with Crippen LogP contribution in [0.2, 0.25) is 5.02 Å². The van der Waals surface area contributed by atoms with Crippen molar-refractivity contribution in [3.8, 4) is 0 Å². The molecule has 1 aromatic carbocycles.